The Balaban J connectivity index is 1.95. The van der Waals surface area contributed by atoms with Crippen molar-refractivity contribution < 1.29 is 25.2 Å². The summed E-state index contributed by atoms with van der Waals surface area (Å²) in [5, 5.41) is 37.8. The number of aliphatic hydroxyl groups is 2. The van der Waals surface area contributed by atoms with Gasteiger partial charge in [0.1, 0.15) is 5.75 Å². The Labute approximate surface area is 135 Å². The third-order valence-corrected chi connectivity index (χ3v) is 4.45. The molecule has 4 atom stereocenters. The lowest BCUT2D eigenvalue weighted by Crippen LogP contribution is -2.22. The number of carboxylic acid groups (broad SMARTS) is 1. The highest BCUT2D eigenvalue weighted by atomic mass is 16.4. The van der Waals surface area contributed by atoms with Gasteiger partial charge in [0.25, 0.3) is 0 Å². The molecule has 0 radical (unpaired) electrons. The molecular formula is C18H24O5. The lowest BCUT2D eigenvalue weighted by Gasteiger charge is -2.28. The summed E-state index contributed by atoms with van der Waals surface area (Å²) in [6.45, 7) is 2.11. The molecular weight excluding hydrogens is 296 g/mol. The number of phenolic OH excluding ortho intramolecular Hbond substituents is 1. The van der Waals surface area contributed by atoms with Crippen molar-refractivity contribution in [3.05, 3.63) is 35.4 Å². The molecule has 0 bridgehead atoms. The maximum Gasteiger partial charge on any atom is 0.305 e. The van der Waals surface area contributed by atoms with Crippen LogP contribution in [0.4, 0.5) is 0 Å². The first kappa shape index (κ1) is 17.5. The van der Waals surface area contributed by atoms with Crippen LogP contribution in [0.2, 0.25) is 0 Å². The second-order valence-corrected chi connectivity index (χ2v) is 6.36. The van der Waals surface area contributed by atoms with Crippen molar-refractivity contribution in [3.8, 4) is 5.75 Å². The van der Waals surface area contributed by atoms with E-state index in [1.807, 2.05) is 12.1 Å². The number of fused-ring (bicyclic) bond motifs is 1. The normalized spacial score (nSPS) is 22.4. The van der Waals surface area contributed by atoms with E-state index in [1.54, 1.807) is 12.1 Å². The minimum Gasteiger partial charge on any atom is -0.508 e. The smallest absolute Gasteiger partial charge is 0.305 e. The number of hydrogen-bond donors (Lipinski definition) is 4. The summed E-state index contributed by atoms with van der Waals surface area (Å²) >= 11 is 0. The van der Waals surface area contributed by atoms with Crippen LogP contribution in [0, 0.1) is 5.92 Å². The van der Waals surface area contributed by atoms with Crippen LogP contribution in [-0.4, -0.2) is 38.6 Å². The molecule has 1 aromatic rings. The first-order valence-corrected chi connectivity index (χ1v) is 7.96. The predicted molar refractivity (Wildman–Crippen MR) is 87.2 cm³/mol. The first-order valence-electron chi connectivity index (χ1n) is 7.96. The number of aromatic hydroxyl groups is 1. The molecule has 0 aliphatic heterocycles. The van der Waals surface area contributed by atoms with Gasteiger partial charge in [-0.3, -0.25) is 4.79 Å². The van der Waals surface area contributed by atoms with E-state index in [0.717, 1.165) is 17.5 Å². The number of phenols is 1. The molecule has 0 unspecified atom stereocenters. The monoisotopic (exact) mass is 320 g/mol. The van der Waals surface area contributed by atoms with E-state index in [-0.39, 0.29) is 24.5 Å². The van der Waals surface area contributed by atoms with Crippen LogP contribution < -0.4 is 0 Å². The van der Waals surface area contributed by atoms with E-state index in [4.69, 9.17) is 5.11 Å². The Hall–Kier alpha value is -1.85. The Bertz CT molecular complexity index is 581. The maximum absolute atomic E-state index is 10.5. The van der Waals surface area contributed by atoms with Gasteiger partial charge in [-0.15, -0.1) is 0 Å². The SMILES string of the molecule is C[C@@H]1C=Cc2cc(O)ccc2[C@@H]1CC[C@H](O)C[C@H](O)CC(=O)O. The van der Waals surface area contributed by atoms with Crippen LogP contribution >= 0.6 is 0 Å². The zero-order chi connectivity index (χ0) is 17.0. The lowest BCUT2D eigenvalue weighted by atomic mass is 9.77. The fourth-order valence-electron chi connectivity index (χ4n) is 3.22. The number of carboxylic acids is 1. The third-order valence-electron chi connectivity index (χ3n) is 4.45. The number of benzene rings is 1. The molecule has 0 amide bonds. The molecule has 0 saturated heterocycles. The van der Waals surface area contributed by atoms with Crippen molar-refractivity contribution in [1.82, 2.24) is 0 Å². The van der Waals surface area contributed by atoms with Crippen LogP contribution in [0.25, 0.3) is 6.08 Å². The van der Waals surface area contributed by atoms with Gasteiger partial charge in [-0.2, -0.15) is 0 Å². The molecule has 1 aliphatic carbocycles. The average molecular weight is 320 g/mol. The second-order valence-electron chi connectivity index (χ2n) is 6.36. The number of rotatable bonds is 7. The summed E-state index contributed by atoms with van der Waals surface area (Å²) in [7, 11) is 0. The van der Waals surface area contributed by atoms with Crippen molar-refractivity contribution in [3.63, 3.8) is 0 Å². The highest BCUT2D eigenvalue weighted by Crippen LogP contribution is 2.38. The van der Waals surface area contributed by atoms with Gasteiger partial charge < -0.3 is 20.4 Å². The van der Waals surface area contributed by atoms with E-state index in [9.17, 15) is 20.1 Å². The zero-order valence-electron chi connectivity index (χ0n) is 13.2. The van der Waals surface area contributed by atoms with Crippen molar-refractivity contribution >= 4 is 12.0 Å². The number of aliphatic hydroxyl groups excluding tert-OH is 2. The molecule has 23 heavy (non-hydrogen) atoms. The quantitative estimate of drug-likeness (QED) is 0.619. The first-order chi connectivity index (χ1) is 10.9. The van der Waals surface area contributed by atoms with Crippen LogP contribution in [0.15, 0.2) is 24.3 Å². The van der Waals surface area contributed by atoms with Gasteiger partial charge in [0.15, 0.2) is 0 Å². The van der Waals surface area contributed by atoms with Gasteiger partial charge in [-0.1, -0.05) is 25.1 Å². The Kier molecular flexibility index (Phi) is 5.80. The standard InChI is InChI=1S/C18H24O5/c1-11-2-3-12-8-13(19)5-7-17(12)16(11)6-4-14(20)9-15(21)10-18(22)23/h2-3,5,7-8,11,14-16,19-21H,4,6,9-10H2,1H3,(H,22,23)/t11-,14+,15+,16-/m1/s1. The molecule has 1 aromatic carbocycles. The minimum atomic E-state index is -1.07. The number of allylic oxidation sites excluding steroid dienone is 1. The number of hydrogen-bond acceptors (Lipinski definition) is 4. The van der Waals surface area contributed by atoms with Crippen LogP contribution in [-0.2, 0) is 4.79 Å². The molecule has 5 nitrogen and oxygen atoms in total. The molecule has 0 fully saturated rings. The highest BCUT2D eigenvalue weighted by Gasteiger charge is 2.25. The fraction of sp³-hybridized carbons (Fsp3) is 0.500. The summed E-state index contributed by atoms with van der Waals surface area (Å²) < 4.78 is 0. The second kappa shape index (κ2) is 7.62. The molecule has 1 aliphatic rings. The van der Waals surface area contributed by atoms with Gasteiger partial charge in [0, 0.05) is 0 Å². The summed E-state index contributed by atoms with van der Waals surface area (Å²) in [6, 6.07) is 5.32. The largest absolute Gasteiger partial charge is 0.508 e. The Morgan fingerprint density at radius 2 is 2.00 bits per heavy atom. The fourth-order valence-corrected chi connectivity index (χ4v) is 3.22. The summed E-state index contributed by atoms with van der Waals surface area (Å²) in [6.07, 6.45) is 3.33. The minimum absolute atomic E-state index is 0.0751. The van der Waals surface area contributed by atoms with E-state index in [2.05, 4.69) is 13.0 Å². The Morgan fingerprint density at radius 1 is 1.26 bits per heavy atom. The number of aliphatic carboxylic acids is 1. The molecule has 0 heterocycles. The van der Waals surface area contributed by atoms with Crippen LogP contribution in [0.3, 0.4) is 0 Å². The topological polar surface area (TPSA) is 98.0 Å². The highest BCUT2D eigenvalue weighted by molar-refractivity contribution is 5.67. The molecule has 4 N–H and O–H groups in total. The molecule has 0 aromatic heterocycles. The third kappa shape index (κ3) is 4.81. The van der Waals surface area contributed by atoms with Crippen molar-refractivity contribution in [2.75, 3.05) is 0 Å². The van der Waals surface area contributed by atoms with E-state index >= 15 is 0 Å². The zero-order valence-corrected chi connectivity index (χ0v) is 13.2. The summed E-state index contributed by atoms with van der Waals surface area (Å²) in [5.74, 6) is -0.270. The van der Waals surface area contributed by atoms with Gasteiger partial charge in [-0.25, -0.2) is 0 Å². The molecule has 2 rings (SSSR count). The molecule has 0 spiro atoms. The lowest BCUT2D eigenvalue weighted by molar-refractivity contribution is -0.139. The van der Waals surface area contributed by atoms with Gasteiger partial charge >= 0.3 is 5.97 Å². The van der Waals surface area contributed by atoms with Gasteiger partial charge in [0.05, 0.1) is 18.6 Å². The maximum atomic E-state index is 10.5. The van der Waals surface area contributed by atoms with Crippen molar-refractivity contribution in [2.45, 2.75) is 50.7 Å². The van der Waals surface area contributed by atoms with E-state index in [0.29, 0.717) is 12.3 Å². The van der Waals surface area contributed by atoms with Crippen LogP contribution in [0.5, 0.6) is 5.75 Å². The van der Waals surface area contributed by atoms with Crippen molar-refractivity contribution in [1.29, 1.82) is 0 Å². The van der Waals surface area contributed by atoms with E-state index in [1.165, 1.54) is 0 Å². The summed E-state index contributed by atoms with van der Waals surface area (Å²) in [5.41, 5.74) is 2.14. The van der Waals surface area contributed by atoms with Crippen LogP contribution in [0.1, 0.15) is 49.7 Å². The molecule has 126 valence electrons. The average Bonchev–Trinajstić information content (AvgIpc) is 2.45. The molecule has 0 saturated carbocycles. The van der Waals surface area contributed by atoms with Crippen molar-refractivity contribution in [2.24, 2.45) is 5.92 Å². The van der Waals surface area contributed by atoms with Gasteiger partial charge in [0.2, 0.25) is 0 Å². The number of carbonyl (C=O) groups is 1. The Morgan fingerprint density at radius 3 is 2.70 bits per heavy atom. The van der Waals surface area contributed by atoms with E-state index < -0.39 is 18.2 Å². The molecule has 5 heteroatoms. The summed E-state index contributed by atoms with van der Waals surface area (Å²) in [4.78, 5) is 10.5. The predicted octanol–water partition coefficient (Wildman–Crippen LogP) is 2.51. The van der Waals surface area contributed by atoms with Gasteiger partial charge in [-0.05, 0) is 54.4 Å².